The fourth-order valence-corrected chi connectivity index (χ4v) is 1.72. The molecule has 0 aliphatic carbocycles. The highest BCUT2D eigenvalue weighted by Gasteiger charge is 2.06. The molecule has 2 aromatic rings. The minimum Gasteiger partial charge on any atom is -0.508 e. The van der Waals surface area contributed by atoms with E-state index in [2.05, 4.69) is 10.3 Å². The van der Waals surface area contributed by atoms with E-state index in [0.717, 1.165) is 17.5 Å². The number of aromatic nitrogens is 1. The highest BCUT2D eigenvalue weighted by atomic mass is 16.3. The molecule has 1 amide bonds. The molecular weight excluding hydrogens is 240 g/mol. The van der Waals surface area contributed by atoms with Gasteiger partial charge >= 0.3 is 0 Å². The predicted octanol–water partition coefficient (Wildman–Crippen LogP) is 2.07. The summed E-state index contributed by atoms with van der Waals surface area (Å²) in [6.45, 7) is 2.33. The molecule has 0 fully saturated rings. The van der Waals surface area contributed by atoms with Gasteiger partial charge in [0, 0.05) is 24.5 Å². The van der Waals surface area contributed by atoms with E-state index in [1.54, 1.807) is 31.5 Å². The maximum atomic E-state index is 11.9. The zero-order valence-corrected chi connectivity index (χ0v) is 10.8. The van der Waals surface area contributed by atoms with E-state index >= 15 is 0 Å². The number of rotatable bonds is 4. The van der Waals surface area contributed by atoms with Crippen molar-refractivity contribution in [1.82, 2.24) is 10.3 Å². The van der Waals surface area contributed by atoms with Crippen molar-refractivity contribution in [2.24, 2.45) is 0 Å². The average Bonchev–Trinajstić information content (AvgIpc) is 2.43. The van der Waals surface area contributed by atoms with Gasteiger partial charge in [0.05, 0.1) is 0 Å². The number of carbonyl (C=O) groups excluding carboxylic acids is 1. The Bertz CT molecular complexity index is 568. The number of carbonyl (C=O) groups is 1. The lowest BCUT2D eigenvalue weighted by molar-refractivity contribution is 0.0953. The lowest BCUT2D eigenvalue weighted by Crippen LogP contribution is -2.25. The van der Waals surface area contributed by atoms with Crippen LogP contribution in [-0.2, 0) is 6.42 Å². The third kappa shape index (κ3) is 3.55. The van der Waals surface area contributed by atoms with Crippen molar-refractivity contribution in [1.29, 1.82) is 0 Å². The number of nitrogens with zero attached hydrogens (tertiary/aromatic N) is 1. The van der Waals surface area contributed by atoms with Crippen LogP contribution in [0.2, 0.25) is 0 Å². The summed E-state index contributed by atoms with van der Waals surface area (Å²) in [6, 6.07) is 8.75. The van der Waals surface area contributed by atoms with Crippen LogP contribution in [0.5, 0.6) is 5.75 Å². The Hall–Kier alpha value is -2.36. The van der Waals surface area contributed by atoms with Crippen molar-refractivity contribution in [2.45, 2.75) is 13.3 Å². The van der Waals surface area contributed by atoms with Gasteiger partial charge in [-0.1, -0.05) is 12.1 Å². The Labute approximate surface area is 112 Å². The van der Waals surface area contributed by atoms with E-state index in [0.29, 0.717) is 12.1 Å². The lowest BCUT2D eigenvalue weighted by Gasteiger charge is -2.06. The van der Waals surface area contributed by atoms with E-state index in [-0.39, 0.29) is 11.7 Å². The van der Waals surface area contributed by atoms with Crippen LogP contribution in [0.15, 0.2) is 42.7 Å². The Morgan fingerprint density at radius 1 is 1.37 bits per heavy atom. The largest absolute Gasteiger partial charge is 0.508 e. The molecule has 0 radical (unpaired) electrons. The maximum Gasteiger partial charge on any atom is 0.251 e. The zero-order valence-electron chi connectivity index (χ0n) is 10.8. The molecule has 0 spiro atoms. The normalized spacial score (nSPS) is 10.2. The van der Waals surface area contributed by atoms with Crippen LogP contribution >= 0.6 is 0 Å². The van der Waals surface area contributed by atoms with Crippen molar-refractivity contribution in [2.75, 3.05) is 6.54 Å². The third-order valence-corrected chi connectivity index (χ3v) is 2.89. The van der Waals surface area contributed by atoms with Crippen LogP contribution in [0.1, 0.15) is 21.5 Å². The van der Waals surface area contributed by atoms with E-state index in [1.807, 2.05) is 12.1 Å². The Morgan fingerprint density at radius 2 is 2.21 bits per heavy atom. The summed E-state index contributed by atoms with van der Waals surface area (Å²) >= 11 is 0. The molecule has 98 valence electrons. The molecular formula is C15H16N2O2. The number of aryl methyl sites for hydroxylation is 1. The van der Waals surface area contributed by atoms with Gasteiger partial charge in [-0.25, -0.2) is 0 Å². The van der Waals surface area contributed by atoms with Gasteiger partial charge in [-0.3, -0.25) is 9.78 Å². The summed E-state index contributed by atoms with van der Waals surface area (Å²) in [5, 5.41) is 12.4. The van der Waals surface area contributed by atoms with Gasteiger partial charge in [-0.2, -0.15) is 0 Å². The van der Waals surface area contributed by atoms with Crippen molar-refractivity contribution in [3.05, 3.63) is 59.4 Å². The monoisotopic (exact) mass is 256 g/mol. The molecule has 2 rings (SSSR count). The number of benzene rings is 1. The summed E-state index contributed by atoms with van der Waals surface area (Å²) in [4.78, 5) is 15.9. The quantitative estimate of drug-likeness (QED) is 0.880. The Balaban J connectivity index is 1.89. The summed E-state index contributed by atoms with van der Waals surface area (Å²) in [7, 11) is 0. The molecule has 0 atom stereocenters. The molecule has 0 aliphatic rings. The second-order valence-electron chi connectivity index (χ2n) is 4.37. The third-order valence-electron chi connectivity index (χ3n) is 2.89. The number of pyridine rings is 1. The van der Waals surface area contributed by atoms with Gasteiger partial charge in [0.25, 0.3) is 5.91 Å². The predicted molar refractivity (Wildman–Crippen MR) is 73.1 cm³/mol. The molecule has 1 aromatic carbocycles. The number of nitrogens with one attached hydrogen (secondary N) is 1. The number of aromatic hydroxyl groups is 1. The van der Waals surface area contributed by atoms with Crippen LogP contribution in [0.25, 0.3) is 0 Å². The molecule has 1 aromatic heterocycles. The second-order valence-corrected chi connectivity index (χ2v) is 4.37. The van der Waals surface area contributed by atoms with Crippen LogP contribution in [0, 0.1) is 6.92 Å². The fraction of sp³-hybridized carbons (Fsp3) is 0.200. The van der Waals surface area contributed by atoms with Crippen molar-refractivity contribution in [3.8, 4) is 5.75 Å². The van der Waals surface area contributed by atoms with E-state index < -0.39 is 0 Å². The zero-order chi connectivity index (χ0) is 13.7. The molecule has 19 heavy (non-hydrogen) atoms. The van der Waals surface area contributed by atoms with E-state index in [9.17, 15) is 9.90 Å². The Morgan fingerprint density at radius 3 is 2.89 bits per heavy atom. The summed E-state index contributed by atoms with van der Waals surface area (Å²) < 4.78 is 0. The molecule has 1 heterocycles. The van der Waals surface area contributed by atoms with Crippen LogP contribution in [0.4, 0.5) is 0 Å². The number of phenolic OH excluding ortho intramolecular Hbond substituents is 1. The molecule has 2 N–H and O–H groups in total. The smallest absolute Gasteiger partial charge is 0.251 e. The number of amides is 1. The van der Waals surface area contributed by atoms with Gasteiger partial charge < -0.3 is 10.4 Å². The molecule has 0 bridgehead atoms. The van der Waals surface area contributed by atoms with E-state index in [1.165, 1.54) is 6.07 Å². The minimum atomic E-state index is -0.181. The average molecular weight is 256 g/mol. The van der Waals surface area contributed by atoms with Crippen LogP contribution in [-0.4, -0.2) is 22.5 Å². The number of hydrogen-bond acceptors (Lipinski definition) is 3. The first-order chi connectivity index (χ1) is 9.16. The van der Waals surface area contributed by atoms with Gasteiger partial charge in [-0.05, 0) is 42.7 Å². The summed E-state index contributed by atoms with van der Waals surface area (Å²) in [6.07, 6.45) is 4.23. The fourth-order valence-electron chi connectivity index (χ4n) is 1.72. The van der Waals surface area contributed by atoms with Crippen molar-refractivity contribution < 1.29 is 9.90 Å². The highest BCUT2D eigenvalue weighted by molar-refractivity contribution is 5.94. The van der Waals surface area contributed by atoms with Crippen molar-refractivity contribution in [3.63, 3.8) is 0 Å². The second kappa shape index (κ2) is 6.00. The van der Waals surface area contributed by atoms with Gasteiger partial charge in [0.15, 0.2) is 0 Å². The van der Waals surface area contributed by atoms with Gasteiger partial charge in [0.1, 0.15) is 5.75 Å². The first-order valence-electron chi connectivity index (χ1n) is 6.13. The topological polar surface area (TPSA) is 62.2 Å². The first kappa shape index (κ1) is 13.1. The van der Waals surface area contributed by atoms with Crippen LogP contribution in [0.3, 0.4) is 0 Å². The first-order valence-corrected chi connectivity index (χ1v) is 6.13. The summed E-state index contributed by atoms with van der Waals surface area (Å²) in [5.74, 6) is -0.0425. The van der Waals surface area contributed by atoms with Crippen molar-refractivity contribution >= 4 is 5.91 Å². The lowest BCUT2D eigenvalue weighted by atomic mass is 10.1. The standard InChI is InChI=1S/C15H16N2O2/c1-11-4-5-13(9-14(11)18)15(19)17-8-6-12-3-2-7-16-10-12/h2-5,7,9-10,18H,6,8H2,1H3,(H,17,19). The molecule has 0 saturated heterocycles. The minimum absolute atomic E-state index is 0.139. The maximum absolute atomic E-state index is 11.9. The molecule has 0 saturated carbocycles. The summed E-state index contributed by atoms with van der Waals surface area (Å²) in [5.41, 5.74) is 2.30. The SMILES string of the molecule is Cc1ccc(C(=O)NCCc2cccnc2)cc1O. The highest BCUT2D eigenvalue weighted by Crippen LogP contribution is 2.17. The molecule has 4 nitrogen and oxygen atoms in total. The van der Waals surface area contributed by atoms with E-state index in [4.69, 9.17) is 0 Å². The number of phenols is 1. The van der Waals surface area contributed by atoms with Gasteiger partial charge in [-0.15, -0.1) is 0 Å². The number of hydrogen-bond donors (Lipinski definition) is 2. The van der Waals surface area contributed by atoms with Gasteiger partial charge in [0.2, 0.25) is 0 Å². The molecule has 0 aliphatic heterocycles. The molecule has 4 heteroatoms. The molecule has 0 unspecified atom stereocenters. The van der Waals surface area contributed by atoms with Crippen LogP contribution < -0.4 is 5.32 Å². The Kier molecular flexibility index (Phi) is 4.13.